The van der Waals surface area contributed by atoms with Crippen molar-refractivity contribution in [3.05, 3.63) is 47.6 Å². The summed E-state index contributed by atoms with van der Waals surface area (Å²) in [5, 5.41) is 4.03. The van der Waals surface area contributed by atoms with E-state index in [1.165, 1.54) is 20.3 Å². The van der Waals surface area contributed by atoms with Crippen LogP contribution in [0.2, 0.25) is 0 Å². The third-order valence-corrected chi connectivity index (χ3v) is 5.52. The van der Waals surface area contributed by atoms with Crippen molar-refractivity contribution in [2.24, 2.45) is 9.98 Å². The standard InChI is InChI=1S/C23H21FN4O6S/c1-12-25-21(28-34-12)13-5-7-14(8-6-13)26-18(22(35-4)27-23(29)31-3)15-11-16(30-2)19-20(17(15)24)33-10-9-32-19/h5-8,11H,9-10H2,1-4H3. The predicted molar refractivity (Wildman–Crippen MR) is 128 cm³/mol. The van der Waals surface area contributed by atoms with Crippen LogP contribution in [0.25, 0.3) is 11.4 Å². The molecule has 0 atom stereocenters. The predicted octanol–water partition coefficient (Wildman–Crippen LogP) is 4.61. The van der Waals surface area contributed by atoms with Crippen LogP contribution in [0.3, 0.4) is 0 Å². The first-order valence-corrected chi connectivity index (χ1v) is 11.5. The molecule has 35 heavy (non-hydrogen) atoms. The second kappa shape index (κ2) is 10.6. The SMILES string of the molecule is COC(=O)N=C(SC)C(=Nc1ccc(-c2noc(C)n2)cc1)c1cc(OC)c2c(c1F)OCCO2. The first-order chi connectivity index (χ1) is 16.9. The maximum atomic E-state index is 15.7. The number of ether oxygens (including phenoxy) is 4. The minimum absolute atomic E-state index is 0.0148. The minimum atomic E-state index is -0.852. The fourth-order valence-corrected chi connectivity index (χ4v) is 3.76. The van der Waals surface area contributed by atoms with Gasteiger partial charge in [-0.2, -0.15) is 9.98 Å². The fraction of sp³-hybridized carbons (Fsp3) is 0.261. The molecule has 182 valence electrons. The van der Waals surface area contributed by atoms with Gasteiger partial charge in [-0.05, 0) is 36.6 Å². The summed E-state index contributed by atoms with van der Waals surface area (Å²) < 4.78 is 41.8. The third-order valence-electron chi connectivity index (χ3n) is 4.85. The van der Waals surface area contributed by atoms with E-state index in [9.17, 15) is 4.79 Å². The first kappa shape index (κ1) is 24.2. The van der Waals surface area contributed by atoms with Crippen LogP contribution < -0.4 is 14.2 Å². The van der Waals surface area contributed by atoms with Gasteiger partial charge in [-0.15, -0.1) is 11.8 Å². The molecular formula is C23H21FN4O6S. The molecule has 0 radical (unpaired) electrons. The summed E-state index contributed by atoms with van der Waals surface area (Å²) in [4.78, 5) is 24.7. The highest BCUT2D eigenvalue weighted by atomic mass is 32.2. The van der Waals surface area contributed by atoms with Gasteiger partial charge in [-0.25, -0.2) is 14.2 Å². The van der Waals surface area contributed by atoms with E-state index >= 15 is 4.39 Å². The van der Waals surface area contributed by atoms with Crippen LogP contribution in [0.5, 0.6) is 17.2 Å². The zero-order valence-corrected chi connectivity index (χ0v) is 20.1. The Morgan fingerprint density at radius 3 is 2.46 bits per heavy atom. The summed E-state index contributed by atoms with van der Waals surface area (Å²) in [6.45, 7) is 2.13. The molecule has 1 amide bonds. The molecule has 0 spiro atoms. The quantitative estimate of drug-likeness (QED) is 0.365. The van der Waals surface area contributed by atoms with Crippen molar-refractivity contribution in [3.63, 3.8) is 0 Å². The van der Waals surface area contributed by atoms with Gasteiger partial charge in [0.25, 0.3) is 0 Å². The van der Waals surface area contributed by atoms with Crippen LogP contribution >= 0.6 is 11.8 Å². The summed E-state index contributed by atoms with van der Waals surface area (Å²) in [7, 11) is 2.63. The van der Waals surface area contributed by atoms with Gasteiger partial charge in [0, 0.05) is 18.1 Å². The number of hydrogen-bond donors (Lipinski definition) is 0. The Bertz CT molecular complexity index is 1310. The molecule has 0 saturated carbocycles. The molecule has 2 heterocycles. The normalized spacial score (nSPS) is 13.5. The molecule has 10 nitrogen and oxygen atoms in total. The average Bonchev–Trinajstić information content (AvgIpc) is 3.33. The summed E-state index contributed by atoms with van der Waals surface area (Å²) >= 11 is 1.10. The summed E-state index contributed by atoms with van der Waals surface area (Å²) in [6, 6.07) is 8.32. The molecule has 0 aliphatic carbocycles. The van der Waals surface area contributed by atoms with Crippen LogP contribution in [0.4, 0.5) is 14.9 Å². The van der Waals surface area contributed by atoms with E-state index in [1.54, 1.807) is 37.4 Å². The van der Waals surface area contributed by atoms with E-state index in [4.69, 9.17) is 18.7 Å². The largest absolute Gasteiger partial charge is 0.493 e. The number of benzene rings is 2. The minimum Gasteiger partial charge on any atom is -0.493 e. The highest BCUT2D eigenvalue weighted by Gasteiger charge is 2.29. The topological polar surface area (TPSA) is 118 Å². The Hall–Kier alpha value is -3.93. The van der Waals surface area contributed by atoms with Crippen molar-refractivity contribution in [2.45, 2.75) is 6.92 Å². The van der Waals surface area contributed by atoms with Gasteiger partial charge in [0.1, 0.15) is 24.0 Å². The van der Waals surface area contributed by atoms with E-state index in [0.29, 0.717) is 23.0 Å². The number of amides is 1. The van der Waals surface area contributed by atoms with Crippen LogP contribution in [0.15, 0.2) is 44.8 Å². The van der Waals surface area contributed by atoms with Gasteiger partial charge in [0.2, 0.25) is 23.2 Å². The molecule has 12 heteroatoms. The number of fused-ring (bicyclic) bond motifs is 1. The van der Waals surface area contributed by atoms with Gasteiger partial charge in [-0.3, -0.25) is 0 Å². The monoisotopic (exact) mass is 500 g/mol. The zero-order valence-electron chi connectivity index (χ0n) is 19.3. The number of thioether (sulfide) groups is 1. The van der Waals surface area contributed by atoms with Crippen molar-refractivity contribution in [1.29, 1.82) is 0 Å². The van der Waals surface area contributed by atoms with Crippen molar-refractivity contribution in [1.82, 2.24) is 10.1 Å². The van der Waals surface area contributed by atoms with Crippen molar-refractivity contribution >= 4 is 34.3 Å². The number of carbonyl (C=O) groups excluding carboxylic acids is 1. The van der Waals surface area contributed by atoms with Crippen molar-refractivity contribution in [2.75, 3.05) is 33.7 Å². The third kappa shape index (κ3) is 5.11. The maximum absolute atomic E-state index is 15.7. The number of hydrogen-bond acceptors (Lipinski definition) is 10. The number of halogens is 1. The lowest BCUT2D eigenvalue weighted by atomic mass is 10.1. The Morgan fingerprint density at radius 2 is 1.86 bits per heavy atom. The number of methoxy groups -OCH3 is 2. The molecule has 1 aliphatic rings. The Kier molecular flexibility index (Phi) is 7.30. The van der Waals surface area contributed by atoms with Gasteiger partial charge in [-0.1, -0.05) is 5.16 Å². The van der Waals surface area contributed by atoms with E-state index in [2.05, 4.69) is 24.9 Å². The molecule has 4 rings (SSSR count). The molecule has 0 fully saturated rings. The lowest BCUT2D eigenvalue weighted by molar-refractivity contribution is 0.158. The molecule has 1 aromatic heterocycles. The molecule has 0 saturated heterocycles. The smallest absolute Gasteiger partial charge is 0.434 e. The van der Waals surface area contributed by atoms with E-state index in [1.807, 2.05) is 0 Å². The molecular weight excluding hydrogens is 479 g/mol. The van der Waals surface area contributed by atoms with Crippen LogP contribution in [0.1, 0.15) is 11.5 Å². The number of aromatic nitrogens is 2. The number of carbonyl (C=O) groups is 1. The van der Waals surface area contributed by atoms with Gasteiger partial charge in [0.05, 0.1) is 19.9 Å². The van der Waals surface area contributed by atoms with Crippen LogP contribution in [0, 0.1) is 12.7 Å². The molecule has 0 unspecified atom stereocenters. The highest BCUT2D eigenvalue weighted by Crippen LogP contribution is 2.43. The molecule has 1 aliphatic heterocycles. The Labute approximate surface area is 204 Å². The lowest BCUT2D eigenvalue weighted by Crippen LogP contribution is -2.21. The summed E-state index contributed by atoms with van der Waals surface area (Å²) in [5.74, 6) is 0.471. The zero-order chi connectivity index (χ0) is 24.9. The highest BCUT2D eigenvalue weighted by molar-refractivity contribution is 8.15. The van der Waals surface area contributed by atoms with Gasteiger partial charge >= 0.3 is 6.09 Å². The maximum Gasteiger partial charge on any atom is 0.434 e. The number of aryl methyl sites for hydroxylation is 1. The molecule has 0 N–H and O–H groups in total. The average molecular weight is 501 g/mol. The molecule has 2 aromatic carbocycles. The summed E-state index contributed by atoms with van der Waals surface area (Å²) in [6.07, 6.45) is 0.835. The molecule has 0 bridgehead atoms. The number of nitrogens with zero attached hydrogens (tertiary/aromatic N) is 4. The molecule has 3 aromatic rings. The van der Waals surface area contributed by atoms with Crippen LogP contribution in [-0.4, -0.2) is 60.7 Å². The Morgan fingerprint density at radius 1 is 1.14 bits per heavy atom. The van der Waals surface area contributed by atoms with Crippen LogP contribution in [-0.2, 0) is 4.74 Å². The van der Waals surface area contributed by atoms with Crippen molar-refractivity contribution < 1.29 is 32.7 Å². The summed E-state index contributed by atoms with van der Waals surface area (Å²) in [5.41, 5.74) is 1.27. The van der Waals surface area contributed by atoms with E-state index < -0.39 is 11.9 Å². The second-order valence-electron chi connectivity index (χ2n) is 7.03. The van der Waals surface area contributed by atoms with Gasteiger partial charge < -0.3 is 23.5 Å². The number of rotatable bonds is 5. The van der Waals surface area contributed by atoms with Gasteiger partial charge in [0.15, 0.2) is 11.6 Å². The lowest BCUT2D eigenvalue weighted by Gasteiger charge is -2.23. The van der Waals surface area contributed by atoms with Crippen molar-refractivity contribution in [3.8, 4) is 28.6 Å². The first-order valence-electron chi connectivity index (χ1n) is 10.3. The Balaban J connectivity index is 1.86. The second-order valence-corrected chi connectivity index (χ2v) is 7.83. The number of aliphatic imine (C=N–C) groups is 2. The fourth-order valence-electron chi connectivity index (χ4n) is 3.25. The van der Waals surface area contributed by atoms with E-state index in [-0.39, 0.29) is 46.8 Å². The van der Waals surface area contributed by atoms with E-state index in [0.717, 1.165) is 11.8 Å².